The lowest BCUT2D eigenvalue weighted by Gasteiger charge is -2.17. The second-order valence-electron chi connectivity index (χ2n) is 7.99. The van der Waals surface area contributed by atoms with E-state index in [1.807, 2.05) is 18.2 Å². The molecule has 3 heteroatoms. The Bertz CT molecular complexity index is 972. The Morgan fingerprint density at radius 3 is 2.31 bits per heavy atom. The number of nitrogens with zero attached hydrogens (tertiary/aromatic N) is 1. The maximum Gasteiger partial charge on any atom is 0.119 e. The van der Waals surface area contributed by atoms with E-state index < -0.39 is 0 Å². The van der Waals surface area contributed by atoms with Crippen molar-refractivity contribution in [2.24, 2.45) is 0 Å². The van der Waals surface area contributed by atoms with Crippen LogP contribution in [0.15, 0.2) is 60.7 Å². The fraction of sp³-hybridized carbons (Fsp3) is 0.308. The standard InChI is InChI=1S/C26H29NO2/c1-19-15-20(5-6-23(19)18-27-13-3-4-14-27)16-22-9-12-25(29-2)17-26(22)21-7-10-24(28)11-8-21/h5-12,15,17,28H,3-4,13-14,16,18H2,1-2H3. The van der Waals surface area contributed by atoms with Crippen LogP contribution in [-0.4, -0.2) is 30.2 Å². The first kappa shape index (κ1) is 19.5. The molecule has 1 heterocycles. The molecule has 3 aromatic carbocycles. The summed E-state index contributed by atoms with van der Waals surface area (Å²) in [5, 5.41) is 9.64. The molecule has 0 atom stereocenters. The minimum atomic E-state index is 0.280. The Morgan fingerprint density at radius 1 is 0.897 bits per heavy atom. The van der Waals surface area contributed by atoms with Crippen LogP contribution in [-0.2, 0) is 13.0 Å². The Balaban J connectivity index is 1.60. The summed E-state index contributed by atoms with van der Waals surface area (Å²) in [6, 6.07) is 20.5. The number of benzene rings is 3. The third-order valence-electron chi connectivity index (χ3n) is 5.89. The number of rotatable bonds is 6. The summed E-state index contributed by atoms with van der Waals surface area (Å²) in [4.78, 5) is 2.55. The highest BCUT2D eigenvalue weighted by molar-refractivity contribution is 5.70. The summed E-state index contributed by atoms with van der Waals surface area (Å²) >= 11 is 0. The van der Waals surface area contributed by atoms with Crippen LogP contribution in [0.2, 0.25) is 0 Å². The van der Waals surface area contributed by atoms with Gasteiger partial charge < -0.3 is 9.84 Å². The van der Waals surface area contributed by atoms with E-state index in [2.05, 4.69) is 42.2 Å². The van der Waals surface area contributed by atoms with Crippen LogP contribution in [0.25, 0.3) is 11.1 Å². The van der Waals surface area contributed by atoms with Crippen LogP contribution in [0.4, 0.5) is 0 Å². The molecule has 0 spiro atoms. The lowest BCUT2D eigenvalue weighted by molar-refractivity contribution is 0.330. The number of phenols is 1. The zero-order chi connectivity index (χ0) is 20.2. The molecule has 1 saturated heterocycles. The highest BCUT2D eigenvalue weighted by atomic mass is 16.5. The largest absolute Gasteiger partial charge is 0.508 e. The number of likely N-dealkylation sites (tertiary alicyclic amines) is 1. The molecule has 1 aliphatic heterocycles. The molecule has 0 unspecified atom stereocenters. The molecule has 1 N–H and O–H groups in total. The summed E-state index contributed by atoms with van der Waals surface area (Å²) in [5.41, 5.74) is 7.60. The number of hydrogen-bond donors (Lipinski definition) is 1. The van der Waals surface area contributed by atoms with Crippen molar-refractivity contribution in [2.75, 3.05) is 20.2 Å². The zero-order valence-corrected chi connectivity index (χ0v) is 17.3. The molecule has 3 aromatic rings. The molecule has 29 heavy (non-hydrogen) atoms. The minimum Gasteiger partial charge on any atom is -0.508 e. The number of methoxy groups -OCH3 is 1. The topological polar surface area (TPSA) is 32.7 Å². The van der Waals surface area contributed by atoms with Gasteiger partial charge in [0.1, 0.15) is 11.5 Å². The Kier molecular flexibility index (Phi) is 5.86. The number of hydrogen-bond acceptors (Lipinski definition) is 3. The maximum atomic E-state index is 9.64. The van der Waals surface area contributed by atoms with E-state index in [0.717, 1.165) is 29.8 Å². The quantitative estimate of drug-likeness (QED) is 0.601. The van der Waals surface area contributed by atoms with E-state index in [9.17, 15) is 5.11 Å². The first-order valence-corrected chi connectivity index (χ1v) is 10.4. The third kappa shape index (κ3) is 4.63. The van der Waals surface area contributed by atoms with Gasteiger partial charge in [0.05, 0.1) is 7.11 Å². The van der Waals surface area contributed by atoms with E-state index in [4.69, 9.17) is 4.74 Å². The number of aromatic hydroxyl groups is 1. The Labute approximate surface area is 173 Å². The molecular weight excluding hydrogens is 358 g/mol. The van der Waals surface area contributed by atoms with Gasteiger partial charge in [0, 0.05) is 6.54 Å². The predicted molar refractivity (Wildman–Crippen MR) is 119 cm³/mol. The average Bonchev–Trinajstić information content (AvgIpc) is 3.24. The highest BCUT2D eigenvalue weighted by Crippen LogP contribution is 2.31. The molecular formula is C26H29NO2. The summed E-state index contributed by atoms with van der Waals surface area (Å²) in [5.74, 6) is 1.12. The van der Waals surface area contributed by atoms with Crippen LogP contribution in [0.1, 0.15) is 35.1 Å². The second-order valence-corrected chi connectivity index (χ2v) is 7.99. The fourth-order valence-corrected chi connectivity index (χ4v) is 4.19. The monoisotopic (exact) mass is 387 g/mol. The average molecular weight is 388 g/mol. The Morgan fingerprint density at radius 2 is 1.62 bits per heavy atom. The van der Waals surface area contributed by atoms with Crippen molar-refractivity contribution in [1.29, 1.82) is 0 Å². The second kappa shape index (κ2) is 8.71. The van der Waals surface area contributed by atoms with Gasteiger partial charge in [0.2, 0.25) is 0 Å². The van der Waals surface area contributed by atoms with E-state index in [0.29, 0.717) is 0 Å². The van der Waals surface area contributed by atoms with Gasteiger partial charge in [-0.05, 0) is 96.9 Å². The molecule has 0 amide bonds. The van der Waals surface area contributed by atoms with E-state index in [-0.39, 0.29) is 5.75 Å². The lowest BCUT2D eigenvalue weighted by atomic mass is 9.93. The van der Waals surface area contributed by atoms with Crippen molar-refractivity contribution in [1.82, 2.24) is 4.90 Å². The van der Waals surface area contributed by atoms with Crippen molar-refractivity contribution in [2.45, 2.75) is 32.7 Å². The van der Waals surface area contributed by atoms with Gasteiger partial charge in [-0.3, -0.25) is 4.90 Å². The maximum absolute atomic E-state index is 9.64. The van der Waals surface area contributed by atoms with Crippen LogP contribution >= 0.6 is 0 Å². The van der Waals surface area contributed by atoms with E-state index in [1.165, 1.54) is 48.2 Å². The first-order chi connectivity index (χ1) is 14.1. The van der Waals surface area contributed by atoms with Crippen LogP contribution in [0.5, 0.6) is 11.5 Å². The van der Waals surface area contributed by atoms with Gasteiger partial charge in [-0.25, -0.2) is 0 Å². The molecule has 0 radical (unpaired) electrons. The van der Waals surface area contributed by atoms with Gasteiger partial charge in [-0.1, -0.05) is 36.4 Å². The third-order valence-corrected chi connectivity index (χ3v) is 5.89. The normalized spacial score (nSPS) is 14.3. The highest BCUT2D eigenvalue weighted by Gasteiger charge is 2.14. The van der Waals surface area contributed by atoms with Gasteiger partial charge >= 0.3 is 0 Å². The van der Waals surface area contributed by atoms with Crippen LogP contribution in [0.3, 0.4) is 0 Å². The van der Waals surface area contributed by atoms with Crippen LogP contribution < -0.4 is 4.74 Å². The fourth-order valence-electron chi connectivity index (χ4n) is 4.19. The van der Waals surface area contributed by atoms with Crippen molar-refractivity contribution in [3.05, 3.63) is 82.9 Å². The number of aryl methyl sites for hydroxylation is 1. The van der Waals surface area contributed by atoms with E-state index >= 15 is 0 Å². The molecule has 1 aliphatic rings. The van der Waals surface area contributed by atoms with Gasteiger partial charge in [0.15, 0.2) is 0 Å². The molecule has 0 bridgehead atoms. The van der Waals surface area contributed by atoms with Gasteiger partial charge in [-0.15, -0.1) is 0 Å². The van der Waals surface area contributed by atoms with Crippen molar-refractivity contribution < 1.29 is 9.84 Å². The Hall–Kier alpha value is -2.78. The number of phenolic OH excluding ortho intramolecular Hbond substituents is 1. The summed E-state index contributed by atoms with van der Waals surface area (Å²) in [6.07, 6.45) is 3.52. The SMILES string of the molecule is COc1ccc(Cc2ccc(CN3CCCC3)c(C)c2)c(-c2ccc(O)cc2)c1. The van der Waals surface area contributed by atoms with Gasteiger partial charge in [0.25, 0.3) is 0 Å². The van der Waals surface area contributed by atoms with Crippen LogP contribution in [0, 0.1) is 6.92 Å². The van der Waals surface area contributed by atoms with Crippen molar-refractivity contribution in [3.8, 4) is 22.6 Å². The smallest absolute Gasteiger partial charge is 0.119 e. The van der Waals surface area contributed by atoms with E-state index in [1.54, 1.807) is 19.2 Å². The summed E-state index contributed by atoms with van der Waals surface area (Å²) < 4.78 is 5.45. The van der Waals surface area contributed by atoms with Crippen molar-refractivity contribution in [3.63, 3.8) is 0 Å². The minimum absolute atomic E-state index is 0.280. The predicted octanol–water partition coefficient (Wildman–Crippen LogP) is 5.56. The molecule has 3 nitrogen and oxygen atoms in total. The molecule has 150 valence electrons. The van der Waals surface area contributed by atoms with Gasteiger partial charge in [-0.2, -0.15) is 0 Å². The van der Waals surface area contributed by atoms with Crippen molar-refractivity contribution >= 4 is 0 Å². The summed E-state index contributed by atoms with van der Waals surface area (Å²) in [7, 11) is 1.69. The molecule has 0 aliphatic carbocycles. The number of ether oxygens (including phenoxy) is 1. The zero-order valence-electron chi connectivity index (χ0n) is 17.3. The molecule has 4 rings (SSSR count). The lowest BCUT2D eigenvalue weighted by Crippen LogP contribution is -2.18. The molecule has 0 saturated carbocycles. The summed E-state index contributed by atoms with van der Waals surface area (Å²) in [6.45, 7) is 5.74. The first-order valence-electron chi connectivity index (χ1n) is 10.4. The molecule has 1 fully saturated rings. The molecule has 0 aromatic heterocycles.